The lowest BCUT2D eigenvalue weighted by Gasteiger charge is -2.34. The summed E-state index contributed by atoms with van der Waals surface area (Å²) in [5.41, 5.74) is 1.93. The Morgan fingerprint density at radius 1 is 0.867 bits per heavy atom. The van der Waals surface area contributed by atoms with Gasteiger partial charge in [0.25, 0.3) is 17.6 Å². The monoisotopic (exact) mass is 401 g/mol. The van der Waals surface area contributed by atoms with E-state index in [4.69, 9.17) is 0 Å². The van der Waals surface area contributed by atoms with Gasteiger partial charge in [0.15, 0.2) is 0 Å². The van der Waals surface area contributed by atoms with Crippen molar-refractivity contribution in [2.24, 2.45) is 0 Å². The zero-order valence-corrected chi connectivity index (χ0v) is 16.7. The maximum absolute atomic E-state index is 13.0. The minimum Gasteiger partial charge on any atom is -0.343 e. The van der Waals surface area contributed by atoms with E-state index in [0.29, 0.717) is 43.9 Å². The van der Waals surface area contributed by atoms with Crippen LogP contribution in [0.3, 0.4) is 0 Å². The lowest BCUT2D eigenvalue weighted by Crippen LogP contribution is -2.52. The Bertz CT molecular complexity index is 1110. The summed E-state index contributed by atoms with van der Waals surface area (Å²) in [7, 11) is 0. The predicted molar refractivity (Wildman–Crippen MR) is 115 cm³/mol. The van der Waals surface area contributed by atoms with Gasteiger partial charge < -0.3 is 14.4 Å². The summed E-state index contributed by atoms with van der Waals surface area (Å²) in [4.78, 5) is 41.7. The third-order valence-corrected chi connectivity index (χ3v) is 5.43. The average molecular weight is 401 g/mol. The van der Waals surface area contributed by atoms with Gasteiger partial charge in [0.05, 0.1) is 5.56 Å². The normalized spacial score (nSPS) is 14.0. The molecule has 152 valence electrons. The second-order valence-corrected chi connectivity index (χ2v) is 7.28. The molecule has 0 saturated carbocycles. The molecule has 1 aliphatic rings. The van der Waals surface area contributed by atoms with Gasteiger partial charge in [-0.05, 0) is 18.2 Å². The van der Waals surface area contributed by atoms with E-state index in [0.717, 1.165) is 10.9 Å². The Morgan fingerprint density at radius 2 is 1.50 bits per heavy atom. The molecular formula is C24H23N3O3. The summed E-state index contributed by atoms with van der Waals surface area (Å²) in [6, 6.07) is 16.6. The average Bonchev–Trinajstić information content (AvgIpc) is 3.17. The van der Waals surface area contributed by atoms with Crippen molar-refractivity contribution in [1.29, 1.82) is 0 Å². The van der Waals surface area contributed by atoms with E-state index >= 15 is 0 Å². The van der Waals surface area contributed by atoms with Crippen LogP contribution in [0.25, 0.3) is 10.9 Å². The van der Waals surface area contributed by atoms with Crippen molar-refractivity contribution in [1.82, 2.24) is 14.4 Å². The van der Waals surface area contributed by atoms with Gasteiger partial charge >= 0.3 is 0 Å². The highest BCUT2D eigenvalue weighted by Crippen LogP contribution is 2.23. The van der Waals surface area contributed by atoms with Crippen LogP contribution in [0.4, 0.5) is 0 Å². The molecule has 6 heteroatoms. The number of carbonyl (C=O) groups is 3. The Kier molecular flexibility index (Phi) is 5.48. The molecule has 0 unspecified atom stereocenters. The molecule has 0 atom stereocenters. The molecule has 0 N–H and O–H groups in total. The summed E-state index contributed by atoms with van der Waals surface area (Å²) in [6.07, 6.45) is 3.48. The van der Waals surface area contributed by atoms with Crippen molar-refractivity contribution in [2.45, 2.75) is 6.54 Å². The van der Waals surface area contributed by atoms with Crippen molar-refractivity contribution in [2.75, 3.05) is 26.2 Å². The molecule has 1 fully saturated rings. The number of rotatable bonds is 5. The van der Waals surface area contributed by atoms with Crippen molar-refractivity contribution < 1.29 is 14.4 Å². The molecule has 0 spiro atoms. The molecule has 1 saturated heterocycles. The van der Waals surface area contributed by atoms with E-state index < -0.39 is 11.7 Å². The van der Waals surface area contributed by atoms with Gasteiger partial charge in [0.2, 0.25) is 0 Å². The molecule has 6 nitrogen and oxygen atoms in total. The Morgan fingerprint density at radius 3 is 2.20 bits per heavy atom. The number of amides is 2. The van der Waals surface area contributed by atoms with Crippen molar-refractivity contribution in [3.8, 4) is 0 Å². The number of ketones is 1. The molecule has 2 aromatic carbocycles. The summed E-state index contributed by atoms with van der Waals surface area (Å²) in [6.45, 7) is 5.81. The van der Waals surface area contributed by atoms with E-state index in [2.05, 4.69) is 6.58 Å². The number of para-hydroxylation sites is 1. The van der Waals surface area contributed by atoms with E-state index in [1.54, 1.807) is 29.3 Å². The topological polar surface area (TPSA) is 62.6 Å². The van der Waals surface area contributed by atoms with Gasteiger partial charge in [-0.2, -0.15) is 0 Å². The van der Waals surface area contributed by atoms with Crippen molar-refractivity contribution >= 4 is 28.5 Å². The van der Waals surface area contributed by atoms with E-state index in [1.807, 2.05) is 47.0 Å². The molecule has 30 heavy (non-hydrogen) atoms. The van der Waals surface area contributed by atoms with Gasteiger partial charge in [-0.15, -0.1) is 6.58 Å². The van der Waals surface area contributed by atoms with Crippen LogP contribution in [-0.2, 0) is 11.3 Å². The minimum absolute atomic E-state index is 0.0541. The Hall–Kier alpha value is -3.67. The first kappa shape index (κ1) is 19.6. The highest BCUT2D eigenvalue weighted by atomic mass is 16.2. The molecule has 2 amide bonds. The van der Waals surface area contributed by atoms with Crippen molar-refractivity contribution in [3.63, 3.8) is 0 Å². The van der Waals surface area contributed by atoms with Crippen LogP contribution in [0.5, 0.6) is 0 Å². The number of hydrogen-bond donors (Lipinski definition) is 0. The summed E-state index contributed by atoms with van der Waals surface area (Å²) in [5.74, 6) is -1.10. The Balaban J connectivity index is 1.47. The summed E-state index contributed by atoms with van der Waals surface area (Å²) in [5, 5.41) is 0.760. The molecule has 1 aliphatic heterocycles. The highest BCUT2D eigenvalue weighted by Gasteiger charge is 2.30. The van der Waals surface area contributed by atoms with Gasteiger partial charge in [-0.3, -0.25) is 14.4 Å². The SMILES string of the molecule is C=CCn1cc(C(=O)C(=O)N2CCN(C(=O)c3ccccc3)CC2)c2ccccc21. The molecular weight excluding hydrogens is 378 g/mol. The van der Waals surface area contributed by atoms with E-state index in [1.165, 1.54) is 4.90 Å². The third kappa shape index (κ3) is 3.64. The molecule has 3 aromatic rings. The summed E-state index contributed by atoms with van der Waals surface area (Å²) < 4.78 is 1.92. The fraction of sp³-hybridized carbons (Fsp3) is 0.208. The summed E-state index contributed by atoms with van der Waals surface area (Å²) >= 11 is 0. The maximum Gasteiger partial charge on any atom is 0.295 e. The zero-order chi connectivity index (χ0) is 21.1. The molecule has 0 aliphatic carbocycles. The lowest BCUT2D eigenvalue weighted by molar-refractivity contribution is -0.127. The first-order valence-electron chi connectivity index (χ1n) is 9.97. The number of piperazine rings is 1. The fourth-order valence-electron chi connectivity index (χ4n) is 3.85. The van der Waals surface area contributed by atoms with E-state index in [9.17, 15) is 14.4 Å². The highest BCUT2D eigenvalue weighted by molar-refractivity contribution is 6.44. The van der Waals surface area contributed by atoms with Crippen LogP contribution in [0.15, 0.2) is 73.4 Å². The predicted octanol–water partition coefficient (Wildman–Crippen LogP) is 2.99. The van der Waals surface area contributed by atoms with Crippen LogP contribution in [-0.4, -0.2) is 58.1 Å². The number of Topliss-reactive ketones (excluding diaryl/α,β-unsaturated/α-hetero) is 1. The maximum atomic E-state index is 13.0. The third-order valence-electron chi connectivity index (χ3n) is 5.43. The van der Waals surface area contributed by atoms with Crippen LogP contribution in [0.2, 0.25) is 0 Å². The molecule has 0 radical (unpaired) electrons. The zero-order valence-electron chi connectivity index (χ0n) is 16.7. The largest absolute Gasteiger partial charge is 0.343 e. The Labute approximate surface area is 175 Å². The number of fused-ring (bicyclic) bond motifs is 1. The minimum atomic E-state index is -0.525. The number of nitrogens with zero attached hydrogens (tertiary/aromatic N) is 3. The van der Waals surface area contributed by atoms with Gasteiger partial charge in [-0.1, -0.05) is 42.5 Å². The second kappa shape index (κ2) is 8.37. The van der Waals surface area contributed by atoms with Crippen LogP contribution in [0.1, 0.15) is 20.7 Å². The fourth-order valence-corrected chi connectivity index (χ4v) is 3.85. The van der Waals surface area contributed by atoms with Gasteiger partial charge in [0, 0.05) is 55.4 Å². The number of allylic oxidation sites excluding steroid dienone is 1. The van der Waals surface area contributed by atoms with Gasteiger partial charge in [-0.25, -0.2) is 0 Å². The van der Waals surface area contributed by atoms with Crippen LogP contribution >= 0.6 is 0 Å². The van der Waals surface area contributed by atoms with E-state index in [-0.39, 0.29) is 5.91 Å². The quantitative estimate of drug-likeness (QED) is 0.375. The lowest BCUT2D eigenvalue weighted by atomic mass is 10.1. The number of hydrogen-bond acceptors (Lipinski definition) is 3. The van der Waals surface area contributed by atoms with Gasteiger partial charge in [0.1, 0.15) is 0 Å². The van der Waals surface area contributed by atoms with Crippen LogP contribution < -0.4 is 0 Å². The van der Waals surface area contributed by atoms with Crippen LogP contribution in [0, 0.1) is 0 Å². The number of aromatic nitrogens is 1. The standard InChI is InChI=1S/C24H23N3O3/c1-2-12-27-17-20(19-10-6-7-11-21(19)27)22(28)24(30)26-15-13-25(14-16-26)23(29)18-8-4-3-5-9-18/h2-11,17H,1,12-16H2. The number of benzene rings is 2. The first-order chi connectivity index (χ1) is 14.6. The molecule has 1 aromatic heterocycles. The first-order valence-corrected chi connectivity index (χ1v) is 9.97. The number of carbonyl (C=O) groups excluding carboxylic acids is 3. The molecule has 4 rings (SSSR count). The second-order valence-electron chi connectivity index (χ2n) is 7.28. The van der Waals surface area contributed by atoms with Crippen molar-refractivity contribution in [3.05, 3.63) is 84.6 Å². The smallest absolute Gasteiger partial charge is 0.295 e. The molecule has 2 heterocycles. The molecule has 0 bridgehead atoms.